The molecule has 0 bridgehead atoms. The Morgan fingerprint density at radius 1 is 1.08 bits per heavy atom. The van der Waals surface area contributed by atoms with Gasteiger partial charge in [0.2, 0.25) is 0 Å². The smallest absolute Gasteiger partial charge is 0.0255 e. The van der Waals surface area contributed by atoms with Crippen LogP contribution in [0.5, 0.6) is 0 Å². The first-order chi connectivity index (χ1) is 5.54. The van der Waals surface area contributed by atoms with Gasteiger partial charge in [-0.05, 0) is 33.6 Å². The lowest BCUT2D eigenvalue weighted by Crippen LogP contribution is -2.48. The standard InChI is InChI=1S/C11H21N/c1-8(2)12-10(4)7-6-9(3)11(12)5/h6-11H,1-5H3. The van der Waals surface area contributed by atoms with Crippen molar-refractivity contribution in [3.8, 4) is 0 Å². The topological polar surface area (TPSA) is 3.24 Å². The van der Waals surface area contributed by atoms with E-state index in [1.54, 1.807) is 0 Å². The third-order valence-electron chi connectivity index (χ3n) is 2.99. The Kier molecular flexibility index (Phi) is 2.94. The predicted octanol–water partition coefficient (Wildman–Crippen LogP) is 2.68. The normalized spacial score (nSPS) is 37.7. The van der Waals surface area contributed by atoms with Crippen LogP contribution in [0.2, 0.25) is 0 Å². The van der Waals surface area contributed by atoms with E-state index in [0.717, 1.165) is 0 Å². The van der Waals surface area contributed by atoms with E-state index in [1.807, 2.05) is 0 Å². The Hall–Kier alpha value is -0.300. The molecule has 1 heterocycles. The van der Waals surface area contributed by atoms with Gasteiger partial charge >= 0.3 is 0 Å². The third kappa shape index (κ3) is 1.71. The van der Waals surface area contributed by atoms with Gasteiger partial charge in [-0.2, -0.15) is 0 Å². The summed E-state index contributed by atoms with van der Waals surface area (Å²) >= 11 is 0. The Morgan fingerprint density at radius 2 is 1.67 bits per heavy atom. The van der Waals surface area contributed by atoms with Crippen molar-refractivity contribution in [1.82, 2.24) is 4.90 Å². The lowest BCUT2D eigenvalue weighted by molar-refractivity contribution is 0.103. The molecule has 1 heteroatoms. The SMILES string of the molecule is CC1C=CC(C)N(C(C)C)C1C. The van der Waals surface area contributed by atoms with Crippen molar-refractivity contribution in [2.75, 3.05) is 0 Å². The van der Waals surface area contributed by atoms with E-state index in [-0.39, 0.29) is 0 Å². The van der Waals surface area contributed by atoms with Crippen LogP contribution < -0.4 is 0 Å². The second kappa shape index (κ2) is 3.61. The highest BCUT2D eigenvalue weighted by Gasteiger charge is 2.27. The highest BCUT2D eigenvalue weighted by Crippen LogP contribution is 2.23. The molecule has 0 saturated carbocycles. The first-order valence-electron chi connectivity index (χ1n) is 4.99. The minimum atomic E-state index is 0.608. The van der Waals surface area contributed by atoms with Crippen LogP contribution in [0.3, 0.4) is 0 Å². The van der Waals surface area contributed by atoms with Crippen molar-refractivity contribution < 1.29 is 0 Å². The van der Waals surface area contributed by atoms with E-state index in [1.165, 1.54) is 0 Å². The molecular weight excluding hydrogens is 146 g/mol. The predicted molar refractivity (Wildman–Crippen MR) is 54.2 cm³/mol. The van der Waals surface area contributed by atoms with Gasteiger partial charge in [-0.15, -0.1) is 0 Å². The Bertz CT molecular complexity index is 172. The van der Waals surface area contributed by atoms with E-state index in [9.17, 15) is 0 Å². The molecule has 0 amide bonds. The molecule has 0 aromatic carbocycles. The fraction of sp³-hybridized carbons (Fsp3) is 0.818. The number of hydrogen-bond acceptors (Lipinski definition) is 1. The molecule has 12 heavy (non-hydrogen) atoms. The van der Waals surface area contributed by atoms with Crippen molar-refractivity contribution >= 4 is 0 Å². The van der Waals surface area contributed by atoms with Gasteiger partial charge in [-0.25, -0.2) is 0 Å². The quantitative estimate of drug-likeness (QED) is 0.543. The maximum atomic E-state index is 2.57. The third-order valence-corrected chi connectivity index (χ3v) is 2.99. The molecule has 0 aliphatic carbocycles. The molecule has 70 valence electrons. The van der Waals surface area contributed by atoms with Crippen molar-refractivity contribution in [3.63, 3.8) is 0 Å². The van der Waals surface area contributed by atoms with Crippen LogP contribution in [0, 0.1) is 5.92 Å². The largest absolute Gasteiger partial charge is 0.292 e. The minimum Gasteiger partial charge on any atom is -0.292 e. The Labute approximate surface area is 76.5 Å². The van der Waals surface area contributed by atoms with Crippen LogP contribution in [-0.4, -0.2) is 23.0 Å². The second-order valence-corrected chi connectivity index (χ2v) is 4.27. The fourth-order valence-electron chi connectivity index (χ4n) is 2.18. The summed E-state index contributed by atoms with van der Waals surface area (Å²) in [6.45, 7) is 11.4. The monoisotopic (exact) mass is 167 g/mol. The van der Waals surface area contributed by atoms with E-state index in [4.69, 9.17) is 0 Å². The highest BCUT2D eigenvalue weighted by atomic mass is 15.2. The van der Waals surface area contributed by atoms with Gasteiger partial charge in [0, 0.05) is 18.1 Å². The zero-order chi connectivity index (χ0) is 9.30. The van der Waals surface area contributed by atoms with E-state index in [2.05, 4.69) is 51.7 Å². The van der Waals surface area contributed by atoms with Gasteiger partial charge in [0.15, 0.2) is 0 Å². The van der Waals surface area contributed by atoms with Gasteiger partial charge in [0.05, 0.1) is 0 Å². The summed E-state index contributed by atoms with van der Waals surface area (Å²) in [6.07, 6.45) is 4.67. The number of rotatable bonds is 1. The first kappa shape index (κ1) is 9.79. The van der Waals surface area contributed by atoms with Crippen molar-refractivity contribution in [2.24, 2.45) is 5.92 Å². The molecular formula is C11H21N. The van der Waals surface area contributed by atoms with Crippen LogP contribution in [0.4, 0.5) is 0 Å². The van der Waals surface area contributed by atoms with Gasteiger partial charge in [0.1, 0.15) is 0 Å². The molecule has 1 aliphatic heterocycles. The highest BCUT2D eigenvalue weighted by molar-refractivity contribution is 5.04. The van der Waals surface area contributed by atoms with E-state index in [0.29, 0.717) is 24.0 Å². The van der Waals surface area contributed by atoms with Crippen LogP contribution >= 0.6 is 0 Å². The molecule has 3 atom stereocenters. The maximum absolute atomic E-state index is 2.57. The summed E-state index contributed by atoms with van der Waals surface area (Å²) < 4.78 is 0. The summed E-state index contributed by atoms with van der Waals surface area (Å²) in [4.78, 5) is 2.57. The molecule has 0 radical (unpaired) electrons. The molecule has 0 N–H and O–H groups in total. The summed E-state index contributed by atoms with van der Waals surface area (Å²) in [5.74, 6) is 0.698. The molecule has 0 aromatic rings. The van der Waals surface area contributed by atoms with Crippen molar-refractivity contribution in [2.45, 2.75) is 52.7 Å². The summed E-state index contributed by atoms with van der Waals surface area (Å²) in [6, 6.07) is 1.95. The van der Waals surface area contributed by atoms with Crippen LogP contribution in [0.15, 0.2) is 12.2 Å². The molecule has 0 spiro atoms. The molecule has 1 nitrogen and oxygen atoms in total. The minimum absolute atomic E-state index is 0.608. The summed E-state index contributed by atoms with van der Waals surface area (Å²) in [5, 5.41) is 0. The first-order valence-corrected chi connectivity index (χ1v) is 4.99. The van der Waals surface area contributed by atoms with Crippen molar-refractivity contribution in [1.29, 1.82) is 0 Å². The lowest BCUT2D eigenvalue weighted by Gasteiger charge is -2.42. The number of nitrogens with zero attached hydrogens (tertiary/aromatic N) is 1. The molecule has 0 fully saturated rings. The number of hydrogen-bond donors (Lipinski definition) is 0. The average Bonchev–Trinajstić information content (AvgIpc) is 1.97. The van der Waals surface area contributed by atoms with Gasteiger partial charge in [-0.1, -0.05) is 19.1 Å². The van der Waals surface area contributed by atoms with Crippen LogP contribution in [0.25, 0.3) is 0 Å². The lowest BCUT2D eigenvalue weighted by atomic mass is 9.93. The zero-order valence-electron chi connectivity index (χ0n) is 8.91. The molecule has 1 aliphatic rings. The molecule has 3 unspecified atom stereocenters. The maximum Gasteiger partial charge on any atom is 0.0255 e. The summed E-state index contributed by atoms with van der Waals surface area (Å²) in [5.41, 5.74) is 0. The summed E-state index contributed by atoms with van der Waals surface area (Å²) in [7, 11) is 0. The van der Waals surface area contributed by atoms with E-state index < -0.39 is 0 Å². The van der Waals surface area contributed by atoms with Crippen LogP contribution in [-0.2, 0) is 0 Å². The van der Waals surface area contributed by atoms with Gasteiger partial charge in [-0.3, -0.25) is 4.90 Å². The molecule has 0 saturated heterocycles. The Morgan fingerprint density at radius 3 is 2.08 bits per heavy atom. The van der Waals surface area contributed by atoms with Gasteiger partial charge in [0.25, 0.3) is 0 Å². The van der Waals surface area contributed by atoms with E-state index >= 15 is 0 Å². The van der Waals surface area contributed by atoms with Crippen molar-refractivity contribution in [3.05, 3.63) is 12.2 Å². The molecule has 0 aromatic heterocycles. The fourth-order valence-corrected chi connectivity index (χ4v) is 2.18. The Balaban J connectivity index is 2.77. The zero-order valence-corrected chi connectivity index (χ0v) is 8.91. The van der Waals surface area contributed by atoms with Crippen LogP contribution in [0.1, 0.15) is 34.6 Å². The van der Waals surface area contributed by atoms with Gasteiger partial charge < -0.3 is 0 Å². The molecule has 1 rings (SSSR count). The second-order valence-electron chi connectivity index (χ2n) is 4.27. The average molecular weight is 167 g/mol.